The van der Waals surface area contributed by atoms with Gasteiger partial charge in [-0.3, -0.25) is 9.95 Å². The average Bonchev–Trinajstić information content (AvgIpc) is 2.09. The van der Waals surface area contributed by atoms with E-state index in [1.54, 1.807) is 12.1 Å². The Morgan fingerprint density at radius 2 is 2.07 bits per heavy atom. The van der Waals surface area contributed by atoms with E-state index >= 15 is 0 Å². The molecule has 0 saturated carbocycles. The lowest BCUT2D eigenvalue weighted by molar-refractivity contribution is -0.0166. The highest BCUT2D eigenvalue weighted by Crippen LogP contribution is 2.39. The molecule has 0 heterocycles. The van der Waals surface area contributed by atoms with Crippen LogP contribution in [-0.2, 0) is 16.3 Å². The number of hydrogen-bond acceptors (Lipinski definition) is 4. The smallest absolute Gasteiger partial charge is 0.323 e. The third kappa shape index (κ3) is 6.03. The van der Waals surface area contributed by atoms with Gasteiger partial charge in [0, 0.05) is 6.54 Å². The number of rotatable bonds is 7. The van der Waals surface area contributed by atoms with Crippen LogP contribution in [-0.4, -0.2) is 34.6 Å². The summed E-state index contributed by atoms with van der Waals surface area (Å²) < 4.78 is 4.99. The molecule has 86 valence electrons. The Morgan fingerprint density at radius 3 is 2.36 bits per heavy atom. The van der Waals surface area contributed by atoms with Gasteiger partial charge in [-0.2, -0.15) is 0 Å². The number of nitrogens with zero attached hydrogens (tertiary/aromatic N) is 1. The molecule has 0 aliphatic rings. The van der Waals surface area contributed by atoms with E-state index in [1.165, 1.54) is 0 Å². The van der Waals surface area contributed by atoms with Crippen LogP contribution in [0.5, 0.6) is 0 Å². The normalized spacial score (nSPS) is 14.7. The second-order valence-corrected chi connectivity index (χ2v) is 5.49. The van der Waals surface area contributed by atoms with Crippen LogP contribution in [0, 0.1) is 0 Å². The molecule has 0 saturated heterocycles. The minimum Gasteiger partial charge on any atom is -0.324 e. The summed E-state index contributed by atoms with van der Waals surface area (Å²) in [6.07, 6.45) is 1.20. The minimum atomic E-state index is -3.58. The van der Waals surface area contributed by atoms with E-state index in [-0.39, 0.29) is 6.23 Å². The van der Waals surface area contributed by atoms with Crippen molar-refractivity contribution in [3.05, 3.63) is 0 Å². The van der Waals surface area contributed by atoms with E-state index in [0.717, 1.165) is 13.0 Å². The summed E-state index contributed by atoms with van der Waals surface area (Å²) in [5.74, 6) is 0. The third-order valence-corrected chi connectivity index (χ3v) is 2.48. The van der Waals surface area contributed by atoms with Gasteiger partial charge in [-0.1, -0.05) is 13.8 Å². The van der Waals surface area contributed by atoms with Crippen molar-refractivity contribution in [1.29, 1.82) is 0 Å². The molecule has 1 unspecified atom stereocenters. The number of hydrazine groups is 1. The summed E-state index contributed by atoms with van der Waals surface area (Å²) in [6.45, 7) is 1.12. The van der Waals surface area contributed by atoms with Gasteiger partial charge in [0.25, 0.3) is 0 Å². The molecule has 0 rings (SSSR count). The Morgan fingerprint density at radius 1 is 1.50 bits per heavy atom. The summed E-state index contributed by atoms with van der Waals surface area (Å²) in [6, 6.07) is 0. The molecule has 0 aromatic rings. The van der Waals surface area contributed by atoms with E-state index < -0.39 is 6.72 Å². The van der Waals surface area contributed by atoms with Crippen molar-refractivity contribution in [2.75, 3.05) is 13.6 Å². The molecular formula is C7H19N2O3PS. The second kappa shape index (κ2) is 6.85. The van der Waals surface area contributed by atoms with E-state index in [0.29, 0.717) is 6.42 Å². The molecule has 0 aliphatic heterocycles. The van der Waals surface area contributed by atoms with E-state index in [1.807, 2.05) is 13.8 Å². The molecule has 1 atom stereocenters. The second-order valence-electron chi connectivity index (χ2n) is 2.88. The molecular weight excluding hydrogens is 223 g/mol. The average molecular weight is 242 g/mol. The van der Waals surface area contributed by atoms with Crippen LogP contribution in [0.25, 0.3) is 0 Å². The van der Waals surface area contributed by atoms with Crippen LogP contribution in [0.4, 0.5) is 0 Å². The highest BCUT2D eigenvalue weighted by Gasteiger charge is 2.21. The van der Waals surface area contributed by atoms with Crippen molar-refractivity contribution in [3.63, 3.8) is 0 Å². The van der Waals surface area contributed by atoms with E-state index in [4.69, 9.17) is 14.3 Å². The predicted octanol–water partition coefficient (Wildman–Crippen LogP) is 0.795. The lowest BCUT2D eigenvalue weighted by Gasteiger charge is -2.30. The highest BCUT2D eigenvalue weighted by atomic mass is 32.5. The van der Waals surface area contributed by atoms with Crippen molar-refractivity contribution >= 4 is 18.5 Å². The van der Waals surface area contributed by atoms with E-state index in [9.17, 15) is 0 Å². The highest BCUT2D eigenvalue weighted by molar-refractivity contribution is 8.06. The van der Waals surface area contributed by atoms with Crippen molar-refractivity contribution in [2.24, 2.45) is 0 Å². The molecule has 0 spiro atoms. The first-order valence-corrected chi connectivity index (χ1v) is 7.25. The van der Waals surface area contributed by atoms with Crippen LogP contribution in [0.3, 0.4) is 0 Å². The maximum absolute atomic E-state index is 9.04. The zero-order valence-electron chi connectivity index (χ0n) is 8.80. The van der Waals surface area contributed by atoms with Gasteiger partial charge in [-0.15, -0.1) is 0 Å². The number of hydrogen-bond donors (Lipinski definition) is 3. The molecule has 7 heteroatoms. The Hall–Kier alpha value is 0.450. The molecule has 0 amide bonds. The first-order valence-electron chi connectivity index (χ1n) is 4.62. The van der Waals surface area contributed by atoms with Crippen molar-refractivity contribution in [1.82, 2.24) is 10.4 Å². The monoisotopic (exact) mass is 242 g/mol. The Balaban J connectivity index is 4.28. The van der Waals surface area contributed by atoms with E-state index in [2.05, 4.69) is 17.2 Å². The van der Waals surface area contributed by atoms with Crippen LogP contribution in [0.15, 0.2) is 0 Å². The largest absolute Gasteiger partial charge is 0.324 e. The molecule has 0 fully saturated rings. The van der Waals surface area contributed by atoms with Gasteiger partial charge in [0.2, 0.25) is 0 Å². The van der Waals surface area contributed by atoms with Crippen molar-refractivity contribution in [3.8, 4) is 0 Å². The molecule has 14 heavy (non-hydrogen) atoms. The fourth-order valence-electron chi connectivity index (χ4n) is 1.15. The molecule has 3 N–H and O–H groups in total. The van der Waals surface area contributed by atoms with Crippen molar-refractivity contribution in [2.45, 2.75) is 32.9 Å². The molecule has 5 nitrogen and oxygen atoms in total. The van der Waals surface area contributed by atoms with Gasteiger partial charge in [0.15, 0.2) is 0 Å². The molecule has 0 aromatic heterocycles. The predicted molar refractivity (Wildman–Crippen MR) is 59.9 cm³/mol. The van der Waals surface area contributed by atoms with Crippen LogP contribution in [0.1, 0.15) is 26.7 Å². The Bertz CT molecular complexity index is 199. The maximum Gasteiger partial charge on any atom is 0.323 e. The molecule has 0 bridgehead atoms. The fourth-order valence-corrected chi connectivity index (χ4v) is 2.03. The summed E-state index contributed by atoms with van der Waals surface area (Å²) in [5.41, 5.74) is 2.93. The van der Waals surface area contributed by atoms with Gasteiger partial charge < -0.3 is 9.79 Å². The topological polar surface area (TPSA) is 65.0 Å². The SMILES string of the molecule is CCCN(NC)C(CC)OP(O)(O)=S. The molecule has 0 radical (unpaired) electrons. The first-order chi connectivity index (χ1) is 6.44. The molecule has 0 aliphatic carbocycles. The summed E-state index contributed by atoms with van der Waals surface area (Å²) >= 11 is 4.42. The Kier molecular flexibility index (Phi) is 7.07. The van der Waals surface area contributed by atoms with Crippen LogP contribution < -0.4 is 5.43 Å². The standard InChI is InChI=1S/C7H19N2O3PS/c1-4-6-9(8-3)7(5-2)12-13(10,11)14/h7-8H,4-6H2,1-3H3,(H2,10,11,14). The van der Waals surface area contributed by atoms with Gasteiger partial charge in [0.05, 0.1) is 0 Å². The summed E-state index contributed by atoms with van der Waals surface area (Å²) in [7, 11) is 1.76. The van der Waals surface area contributed by atoms with Crippen molar-refractivity contribution < 1.29 is 14.3 Å². The first kappa shape index (κ1) is 14.5. The van der Waals surface area contributed by atoms with Gasteiger partial charge in [0.1, 0.15) is 6.23 Å². The van der Waals surface area contributed by atoms with Gasteiger partial charge in [-0.05, 0) is 31.7 Å². The Labute approximate surface area is 90.3 Å². The van der Waals surface area contributed by atoms with Crippen LogP contribution >= 0.6 is 6.72 Å². The summed E-state index contributed by atoms with van der Waals surface area (Å²) in [5, 5.41) is 1.80. The lowest BCUT2D eigenvalue weighted by atomic mass is 10.4. The third-order valence-electron chi connectivity index (χ3n) is 1.71. The summed E-state index contributed by atoms with van der Waals surface area (Å²) in [4.78, 5) is 18.1. The van der Waals surface area contributed by atoms with Gasteiger partial charge >= 0.3 is 6.72 Å². The lowest BCUT2D eigenvalue weighted by Crippen LogP contribution is -2.44. The molecule has 0 aromatic carbocycles. The number of nitrogens with one attached hydrogen (secondary N) is 1. The van der Waals surface area contributed by atoms with Gasteiger partial charge in [-0.25, -0.2) is 5.01 Å². The minimum absolute atomic E-state index is 0.388. The zero-order chi connectivity index (χ0) is 11.2. The fraction of sp³-hybridized carbons (Fsp3) is 1.00. The van der Waals surface area contributed by atoms with Crippen LogP contribution in [0.2, 0.25) is 0 Å². The zero-order valence-corrected chi connectivity index (χ0v) is 10.5. The quantitative estimate of drug-likeness (QED) is 0.348. The maximum atomic E-state index is 9.04.